The molecule has 1 aliphatic heterocycles. The maximum Gasteiger partial charge on any atom is 0.257 e. The molecule has 180 valence electrons. The number of carbonyl (C=O) groups is 1. The van der Waals surface area contributed by atoms with Crippen molar-refractivity contribution in [3.8, 4) is 0 Å². The molecule has 2 atom stereocenters. The maximum absolute atomic E-state index is 14.1. The average Bonchev–Trinajstić information content (AvgIpc) is 3.49. The van der Waals surface area contributed by atoms with Gasteiger partial charge in [-0.1, -0.05) is 22.8 Å². The first kappa shape index (κ1) is 24.2. The highest BCUT2D eigenvalue weighted by molar-refractivity contribution is 8.05. The van der Waals surface area contributed by atoms with E-state index in [0.717, 1.165) is 22.9 Å². The Morgan fingerprint density at radius 3 is 2.65 bits per heavy atom. The van der Waals surface area contributed by atoms with Crippen molar-refractivity contribution in [1.29, 1.82) is 0 Å². The van der Waals surface area contributed by atoms with Crippen molar-refractivity contribution in [3.63, 3.8) is 0 Å². The van der Waals surface area contributed by atoms with Gasteiger partial charge < -0.3 is 10.3 Å². The predicted octanol–water partition coefficient (Wildman–Crippen LogP) is 2.42. The minimum Gasteiger partial charge on any atom is -0.369 e. The highest BCUT2D eigenvalue weighted by Gasteiger charge is 2.57. The molecular weight excluding hydrogens is 502 g/mol. The highest BCUT2D eigenvalue weighted by atomic mass is 35.5. The lowest BCUT2D eigenvalue weighted by atomic mass is 9.82. The zero-order valence-corrected chi connectivity index (χ0v) is 21.1. The van der Waals surface area contributed by atoms with Crippen LogP contribution in [0, 0.1) is 27.7 Å². The number of aryl methyl sites for hydroxylation is 3. The Morgan fingerprint density at radius 2 is 2.06 bits per heavy atom. The Kier molecular flexibility index (Phi) is 6.21. The number of anilines is 1. The quantitative estimate of drug-likeness (QED) is 0.420. The number of aromatic amines is 1. The second-order valence-electron chi connectivity index (χ2n) is 8.04. The van der Waals surface area contributed by atoms with Gasteiger partial charge in [-0.2, -0.15) is 0 Å². The van der Waals surface area contributed by atoms with Crippen LogP contribution < -0.4 is 10.5 Å². The van der Waals surface area contributed by atoms with Crippen molar-refractivity contribution in [1.82, 2.24) is 25.8 Å². The van der Waals surface area contributed by atoms with Gasteiger partial charge in [0.15, 0.2) is 10.6 Å². The zero-order chi connectivity index (χ0) is 24.8. The number of nitrogens with zero attached hydrogens (tertiary/aromatic N) is 4. The van der Waals surface area contributed by atoms with E-state index in [4.69, 9.17) is 21.9 Å². The van der Waals surface area contributed by atoms with Gasteiger partial charge in [0.1, 0.15) is 16.0 Å². The molecule has 34 heavy (non-hydrogen) atoms. The molecule has 3 heterocycles. The van der Waals surface area contributed by atoms with Gasteiger partial charge in [-0.05, 0) is 77.4 Å². The summed E-state index contributed by atoms with van der Waals surface area (Å²) >= 11 is 7.22. The second kappa shape index (κ2) is 8.71. The number of sulfonamides is 1. The molecule has 2 aromatic heterocycles. The van der Waals surface area contributed by atoms with Gasteiger partial charge in [0.2, 0.25) is 15.9 Å². The molecule has 14 heteroatoms. The summed E-state index contributed by atoms with van der Waals surface area (Å²) in [5, 5.41) is 18.0. The van der Waals surface area contributed by atoms with Gasteiger partial charge in [0.05, 0.1) is 0 Å². The third-order valence-electron chi connectivity index (χ3n) is 5.90. The fraction of sp³-hybridized carbons (Fsp3) is 0.350. The molecule has 0 saturated carbocycles. The number of primary amides is 1. The van der Waals surface area contributed by atoms with Crippen LogP contribution in [0.25, 0.3) is 0 Å². The van der Waals surface area contributed by atoms with E-state index < -0.39 is 25.9 Å². The molecule has 3 aromatic rings. The van der Waals surface area contributed by atoms with Crippen LogP contribution in [0.5, 0.6) is 0 Å². The lowest BCUT2D eigenvalue weighted by Crippen LogP contribution is -2.51. The summed E-state index contributed by atoms with van der Waals surface area (Å²) in [5.41, 5.74) is 9.60. The fourth-order valence-electron chi connectivity index (χ4n) is 4.41. The molecule has 0 radical (unpaired) electrons. The number of H-pyrrole nitrogens is 1. The molecule has 0 saturated heterocycles. The van der Waals surface area contributed by atoms with E-state index in [1.165, 1.54) is 6.08 Å². The maximum atomic E-state index is 14.1. The molecule has 1 aliphatic rings. The lowest BCUT2D eigenvalue weighted by Gasteiger charge is -2.35. The first-order valence-corrected chi connectivity index (χ1v) is 12.9. The number of carbonyl (C=O) groups excluding carboxylic acids is 1. The summed E-state index contributed by atoms with van der Waals surface area (Å²) in [6.07, 6.45) is 1.82. The normalized spacial score (nSPS) is 20.1. The van der Waals surface area contributed by atoms with E-state index in [-0.39, 0.29) is 10.9 Å². The number of amides is 1. The number of benzene rings is 1. The molecule has 4 rings (SSSR count). The van der Waals surface area contributed by atoms with Crippen LogP contribution in [0.3, 0.4) is 0 Å². The number of hydrogen-bond acceptors (Lipinski definition) is 9. The molecule has 1 aromatic carbocycles. The summed E-state index contributed by atoms with van der Waals surface area (Å²) in [7, 11) is -4.39. The van der Waals surface area contributed by atoms with E-state index in [2.05, 4.69) is 30.5 Å². The van der Waals surface area contributed by atoms with Crippen LogP contribution in [-0.4, -0.2) is 45.4 Å². The third-order valence-corrected chi connectivity index (χ3v) is 9.58. The van der Waals surface area contributed by atoms with Crippen LogP contribution in [0.1, 0.15) is 39.3 Å². The van der Waals surface area contributed by atoms with Crippen LogP contribution >= 0.6 is 23.4 Å². The first-order valence-electron chi connectivity index (χ1n) is 10.1. The minimum atomic E-state index is -4.39. The van der Waals surface area contributed by atoms with Crippen molar-refractivity contribution in [2.45, 2.75) is 44.1 Å². The number of rotatable bonds is 7. The van der Waals surface area contributed by atoms with Gasteiger partial charge in [-0.3, -0.25) is 4.79 Å². The van der Waals surface area contributed by atoms with Gasteiger partial charge in [-0.15, -0.1) is 16.9 Å². The van der Waals surface area contributed by atoms with Crippen LogP contribution in [0.15, 0.2) is 22.1 Å². The Bertz CT molecular complexity index is 1400. The number of thioether (sulfide) groups is 1. The lowest BCUT2D eigenvalue weighted by molar-refractivity contribution is -0.117. The highest BCUT2D eigenvalue weighted by Crippen LogP contribution is 2.50. The van der Waals surface area contributed by atoms with E-state index in [9.17, 15) is 13.2 Å². The summed E-state index contributed by atoms with van der Waals surface area (Å²) in [6, 6.07) is 1.87. The second-order valence-corrected chi connectivity index (χ2v) is 11.3. The van der Waals surface area contributed by atoms with Crippen molar-refractivity contribution in [2.24, 2.45) is 5.73 Å². The zero-order valence-electron chi connectivity index (χ0n) is 18.7. The minimum absolute atomic E-state index is 0.0276. The molecule has 2 unspecified atom stereocenters. The fourth-order valence-corrected chi connectivity index (χ4v) is 7.98. The number of nitrogens with one attached hydrogen (secondary N) is 2. The molecule has 11 nitrogen and oxygen atoms in total. The molecule has 1 amide bonds. The summed E-state index contributed by atoms with van der Waals surface area (Å²) < 4.78 is 33.8. The number of aromatic nitrogens is 5. The Hall–Kier alpha value is -2.90. The van der Waals surface area contributed by atoms with E-state index in [1.54, 1.807) is 19.3 Å². The average molecular weight is 524 g/mol. The monoisotopic (exact) mass is 523 g/mol. The van der Waals surface area contributed by atoms with E-state index >= 15 is 0 Å². The summed E-state index contributed by atoms with van der Waals surface area (Å²) in [6.45, 7) is 7.11. The van der Waals surface area contributed by atoms with Crippen LogP contribution in [0.4, 0.5) is 5.88 Å². The summed E-state index contributed by atoms with van der Waals surface area (Å²) in [5.74, 6) is -0.495. The van der Waals surface area contributed by atoms with Gasteiger partial charge in [0, 0.05) is 6.42 Å². The molecule has 0 fully saturated rings. The molecule has 0 bridgehead atoms. The first-order chi connectivity index (χ1) is 16.0. The third kappa shape index (κ3) is 3.77. The van der Waals surface area contributed by atoms with Crippen LogP contribution in [0.2, 0.25) is 5.02 Å². The van der Waals surface area contributed by atoms with E-state index in [0.29, 0.717) is 34.6 Å². The number of tetrazole rings is 1. The van der Waals surface area contributed by atoms with E-state index in [1.807, 2.05) is 19.9 Å². The standard InChI is InChI=1S/C20H22ClN7O4S2/c1-9-7-10(2)15(11(3)13(9)8-14-23-27-28-24-14)20(5-6-33-17(20)18(22)29)34(30,31)26-19-16(21)12(4)25-32-19/h5-7,17,26H,8H2,1-4H3,(H2,22,29)(H,23,24,27,28). The van der Waals surface area contributed by atoms with Crippen LogP contribution in [-0.2, 0) is 26.0 Å². The molecular formula is C20H22ClN7O4S2. The molecule has 0 spiro atoms. The Morgan fingerprint density at radius 1 is 1.32 bits per heavy atom. The molecule has 0 aliphatic carbocycles. The van der Waals surface area contributed by atoms with Gasteiger partial charge >= 0.3 is 0 Å². The van der Waals surface area contributed by atoms with Crippen molar-refractivity contribution < 1.29 is 17.7 Å². The van der Waals surface area contributed by atoms with Crippen molar-refractivity contribution in [3.05, 3.63) is 61.9 Å². The topological polar surface area (TPSA) is 170 Å². The van der Waals surface area contributed by atoms with Gasteiger partial charge in [-0.25, -0.2) is 18.2 Å². The summed E-state index contributed by atoms with van der Waals surface area (Å²) in [4.78, 5) is 12.6. The van der Waals surface area contributed by atoms with Crippen molar-refractivity contribution >= 4 is 45.2 Å². The SMILES string of the molecule is Cc1cc(C)c(C2(S(=O)(=O)Nc3onc(C)c3Cl)C=CSC2C(N)=O)c(C)c1Cc1nnn[nH]1. The predicted molar refractivity (Wildman–Crippen MR) is 128 cm³/mol. The molecule has 4 N–H and O–H groups in total. The van der Waals surface area contributed by atoms with Gasteiger partial charge in [0.25, 0.3) is 5.88 Å². The largest absolute Gasteiger partial charge is 0.369 e. The van der Waals surface area contributed by atoms with Crippen molar-refractivity contribution in [2.75, 3.05) is 4.72 Å². The number of nitrogens with two attached hydrogens (primary N) is 1. The number of hydrogen-bond donors (Lipinski definition) is 3. The number of halogens is 1. The Labute approximate surface area is 204 Å². The smallest absolute Gasteiger partial charge is 0.257 e. The Balaban J connectivity index is 1.97.